The van der Waals surface area contributed by atoms with Crippen LogP contribution in [0.2, 0.25) is 5.02 Å². The third kappa shape index (κ3) is 3.87. The Labute approximate surface area is 126 Å². The van der Waals surface area contributed by atoms with E-state index in [2.05, 4.69) is 9.97 Å². The molecule has 0 N–H and O–H groups in total. The highest BCUT2D eigenvalue weighted by Crippen LogP contribution is 2.32. The SMILES string of the molecule is CN(C)Cc1ncccc1Oc1ncc(Cl)cc1[N+](=O)[O-]. The molecule has 0 aliphatic carbocycles. The zero-order chi connectivity index (χ0) is 15.4. The van der Waals surface area contributed by atoms with Crippen LogP contribution in [0, 0.1) is 10.1 Å². The van der Waals surface area contributed by atoms with Crippen LogP contribution in [-0.2, 0) is 6.54 Å². The van der Waals surface area contributed by atoms with Gasteiger partial charge in [0, 0.05) is 18.8 Å². The van der Waals surface area contributed by atoms with Crippen LogP contribution in [0.15, 0.2) is 30.6 Å². The molecule has 2 aromatic rings. The molecule has 2 aromatic heterocycles. The Hall–Kier alpha value is -2.25. The summed E-state index contributed by atoms with van der Waals surface area (Å²) in [5, 5.41) is 11.2. The maximum atomic E-state index is 11.0. The van der Waals surface area contributed by atoms with E-state index in [0.29, 0.717) is 18.0 Å². The summed E-state index contributed by atoms with van der Waals surface area (Å²) in [6.07, 6.45) is 2.93. The minimum absolute atomic E-state index is 0.114. The van der Waals surface area contributed by atoms with Gasteiger partial charge in [-0.15, -0.1) is 0 Å². The highest BCUT2D eigenvalue weighted by molar-refractivity contribution is 6.30. The van der Waals surface area contributed by atoms with Gasteiger partial charge in [-0.25, -0.2) is 4.98 Å². The lowest BCUT2D eigenvalue weighted by Gasteiger charge is -2.13. The maximum absolute atomic E-state index is 11.0. The predicted molar refractivity (Wildman–Crippen MR) is 77.6 cm³/mol. The molecule has 0 aromatic carbocycles. The average Bonchev–Trinajstić information content (AvgIpc) is 2.42. The molecule has 0 spiro atoms. The van der Waals surface area contributed by atoms with Crippen LogP contribution in [0.3, 0.4) is 0 Å². The summed E-state index contributed by atoms with van der Waals surface area (Å²) >= 11 is 5.72. The summed E-state index contributed by atoms with van der Waals surface area (Å²) in [4.78, 5) is 20.5. The molecule has 0 aliphatic rings. The molecule has 0 fully saturated rings. The number of halogens is 1. The summed E-state index contributed by atoms with van der Waals surface area (Å²) in [7, 11) is 3.78. The molecule has 0 unspecified atom stereocenters. The van der Waals surface area contributed by atoms with E-state index >= 15 is 0 Å². The van der Waals surface area contributed by atoms with Crippen LogP contribution in [-0.4, -0.2) is 33.9 Å². The van der Waals surface area contributed by atoms with Crippen molar-refractivity contribution in [3.8, 4) is 11.6 Å². The topological polar surface area (TPSA) is 81.4 Å². The maximum Gasteiger partial charge on any atom is 0.332 e. The van der Waals surface area contributed by atoms with Gasteiger partial charge in [0.25, 0.3) is 5.88 Å². The van der Waals surface area contributed by atoms with Crippen LogP contribution >= 0.6 is 11.6 Å². The van der Waals surface area contributed by atoms with Crippen LogP contribution in [0.25, 0.3) is 0 Å². The zero-order valence-electron chi connectivity index (χ0n) is 11.5. The highest BCUT2D eigenvalue weighted by atomic mass is 35.5. The van der Waals surface area contributed by atoms with Crippen molar-refractivity contribution >= 4 is 17.3 Å². The Bertz CT molecular complexity index is 664. The van der Waals surface area contributed by atoms with Crippen LogP contribution < -0.4 is 4.74 Å². The van der Waals surface area contributed by atoms with E-state index in [-0.39, 0.29) is 16.6 Å². The van der Waals surface area contributed by atoms with Gasteiger partial charge >= 0.3 is 5.69 Å². The summed E-state index contributed by atoms with van der Waals surface area (Å²) in [6.45, 7) is 0.539. The molecule has 110 valence electrons. The van der Waals surface area contributed by atoms with Crippen molar-refractivity contribution in [2.75, 3.05) is 14.1 Å². The van der Waals surface area contributed by atoms with Gasteiger partial charge in [-0.2, -0.15) is 0 Å². The molecule has 0 radical (unpaired) electrons. The van der Waals surface area contributed by atoms with Gasteiger partial charge < -0.3 is 9.64 Å². The number of nitro groups is 1. The normalized spacial score (nSPS) is 10.7. The Morgan fingerprint density at radius 3 is 2.86 bits per heavy atom. The minimum atomic E-state index is -0.587. The van der Waals surface area contributed by atoms with Gasteiger partial charge in [0.15, 0.2) is 5.75 Å². The second kappa shape index (κ2) is 6.47. The molecule has 0 bridgehead atoms. The second-order valence-electron chi connectivity index (χ2n) is 4.52. The van der Waals surface area contributed by atoms with Crippen molar-refractivity contribution in [1.29, 1.82) is 0 Å². The van der Waals surface area contributed by atoms with Crippen molar-refractivity contribution in [1.82, 2.24) is 14.9 Å². The van der Waals surface area contributed by atoms with E-state index in [1.165, 1.54) is 12.3 Å². The number of hydrogen-bond acceptors (Lipinski definition) is 6. The van der Waals surface area contributed by atoms with Crippen molar-refractivity contribution in [3.05, 3.63) is 51.4 Å². The Morgan fingerprint density at radius 2 is 2.19 bits per heavy atom. The fourth-order valence-corrected chi connectivity index (χ4v) is 1.82. The standard InChI is InChI=1S/C13H13ClN4O3/c1-17(2)8-10-12(4-3-5-15-10)21-13-11(18(19)20)6-9(14)7-16-13/h3-7H,8H2,1-2H3. The first-order valence-electron chi connectivity index (χ1n) is 6.04. The Balaban J connectivity index is 2.37. The third-order valence-electron chi connectivity index (χ3n) is 2.52. The van der Waals surface area contributed by atoms with Crippen molar-refractivity contribution in [2.24, 2.45) is 0 Å². The second-order valence-corrected chi connectivity index (χ2v) is 4.96. The number of rotatable bonds is 5. The van der Waals surface area contributed by atoms with Crippen molar-refractivity contribution in [3.63, 3.8) is 0 Å². The van der Waals surface area contributed by atoms with Crippen LogP contribution in [0.5, 0.6) is 11.6 Å². The molecule has 0 atom stereocenters. The molecule has 7 nitrogen and oxygen atoms in total. The molecule has 0 aliphatic heterocycles. The molecule has 21 heavy (non-hydrogen) atoms. The third-order valence-corrected chi connectivity index (χ3v) is 2.72. The molecular weight excluding hydrogens is 296 g/mol. The van der Waals surface area contributed by atoms with Gasteiger partial charge in [0.1, 0.15) is 0 Å². The summed E-state index contributed by atoms with van der Waals surface area (Å²) in [6, 6.07) is 4.58. The molecular formula is C13H13ClN4O3. The average molecular weight is 309 g/mol. The smallest absolute Gasteiger partial charge is 0.332 e. The minimum Gasteiger partial charge on any atom is -0.432 e. The summed E-state index contributed by atoms with van der Waals surface area (Å²) in [5.74, 6) is 0.307. The first kappa shape index (κ1) is 15.1. The van der Waals surface area contributed by atoms with Gasteiger partial charge in [0.2, 0.25) is 0 Å². The van der Waals surface area contributed by atoms with Crippen LogP contribution in [0.4, 0.5) is 5.69 Å². The Morgan fingerprint density at radius 1 is 1.43 bits per heavy atom. The fraction of sp³-hybridized carbons (Fsp3) is 0.231. The molecule has 2 rings (SSSR count). The monoisotopic (exact) mass is 308 g/mol. The predicted octanol–water partition coefficient (Wildman–Crippen LogP) is 2.89. The largest absolute Gasteiger partial charge is 0.432 e. The van der Waals surface area contributed by atoms with E-state index in [1.54, 1.807) is 18.3 Å². The zero-order valence-corrected chi connectivity index (χ0v) is 12.2. The summed E-state index contributed by atoms with van der Waals surface area (Å²) in [5.41, 5.74) is 0.371. The van der Waals surface area contributed by atoms with E-state index in [1.807, 2.05) is 19.0 Å². The van der Waals surface area contributed by atoms with Gasteiger partial charge in [-0.3, -0.25) is 15.1 Å². The molecule has 2 heterocycles. The summed E-state index contributed by atoms with van der Waals surface area (Å²) < 4.78 is 5.56. The van der Waals surface area contributed by atoms with E-state index in [9.17, 15) is 10.1 Å². The number of aromatic nitrogens is 2. The lowest BCUT2D eigenvalue weighted by Crippen LogP contribution is -2.12. The van der Waals surface area contributed by atoms with E-state index < -0.39 is 4.92 Å². The molecule has 8 heteroatoms. The van der Waals surface area contributed by atoms with Gasteiger partial charge in [0.05, 0.1) is 21.8 Å². The van der Waals surface area contributed by atoms with Gasteiger partial charge in [-0.1, -0.05) is 11.6 Å². The van der Waals surface area contributed by atoms with E-state index in [4.69, 9.17) is 16.3 Å². The molecule has 0 saturated heterocycles. The first-order valence-corrected chi connectivity index (χ1v) is 6.41. The quantitative estimate of drug-likeness (QED) is 0.624. The molecule has 0 saturated carbocycles. The Kier molecular flexibility index (Phi) is 4.66. The number of ether oxygens (including phenoxy) is 1. The lowest BCUT2D eigenvalue weighted by molar-refractivity contribution is -0.386. The van der Waals surface area contributed by atoms with Crippen molar-refractivity contribution in [2.45, 2.75) is 6.54 Å². The fourth-order valence-electron chi connectivity index (χ4n) is 1.66. The van der Waals surface area contributed by atoms with Gasteiger partial charge in [-0.05, 0) is 26.2 Å². The van der Waals surface area contributed by atoms with Crippen LogP contribution in [0.1, 0.15) is 5.69 Å². The highest BCUT2D eigenvalue weighted by Gasteiger charge is 2.19. The van der Waals surface area contributed by atoms with E-state index in [0.717, 1.165) is 0 Å². The first-order chi connectivity index (χ1) is 9.97. The number of nitrogens with zero attached hydrogens (tertiary/aromatic N) is 4. The number of pyridine rings is 2. The lowest BCUT2D eigenvalue weighted by atomic mass is 10.3. The van der Waals surface area contributed by atoms with Crippen molar-refractivity contribution < 1.29 is 9.66 Å². The number of hydrogen-bond donors (Lipinski definition) is 0. The molecule has 0 amide bonds.